The topological polar surface area (TPSA) is 197 Å². The summed E-state index contributed by atoms with van der Waals surface area (Å²) in [6, 6.07) is 7.22. The summed E-state index contributed by atoms with van der Waals surface area (Å²) in [5.74, 6) is -3.30. The van der Waals surface area contributed by atoms with Gasteiger partial charge in [-0.1, -0.05) is 17.7 Å². The molecular formula is C26H39N5O9. The summed E-state index contributed by atoms with van der Waals surface area (Å²) in [7, 11) is 0. The van der Waals surface area contributed by atoms with E-state index in [1.807, 2.05) is 19.1 Å². The largest absolute Gasteiger partial charge is 0.352 e. The van der Waals surface area contributed by atoms with Gasteiger partial charge < -0.3 is 10.6 Å². The Morgan fingerprint density at radius 1 is 0.700 bits per heavy atom. The first-order valence-corrected chi connectivity index (χ1v) is 13.0. The summed E-state index contributed by atoms with van der Waals surface area (Å²) in [5.41, 5.74) is 1.64. The second kappa shape index (κ2) is 18.4. The number of hydrogen-bond donors (Lipinski definition) is 5. The third-order valence-corrected chi connectivity index (χ3v) is 5.80. The van der Waals surface area contributed by atoms with Crippen LogP contribution in [0, 0.1) is 6.92 Å². The predicted molar refractivity (Wildman–Crippen MR) is 140 cm³/mol. The lowest BCUT2D eigenvalue weighted by molar-refractivity contribution is -0.168. The Labute approximate surface area is 232 Å². The van der Waals surface area contributed by atoms with Gasteiger partial charge in [0.15, 0.2) is 0 Å². The van der Waals surface area contributed by atoms with Gasteiger partial charge in [0.1, 0.15) is 12.5 Å². The zero-order valence-corrected chi connectivity index (χ0v) is 22.9. The second-order valence-corrected chi connectivity index (χ2v) is 9.18. The summed E-state index contributed by atoms with van der Waals surface area (Å²) in [4.78, 5) is 70.5. The molecular weight excluding hydrogens is 526 g/mol. The highest BCUT2D eigenvalue weighted by molar-refractivity contribution is 5.94. The van der Waals surface area contributed by atoms with Crippen LogP contribution >= 0.6 is 0 Å². The van der Waals surface area contributed by atoms with E-state index in [9.17, 15) is 39.2 Å². The van der Waals surface area contributed by atoms with Crippen LogP contribution in [0.1, 0.15) is 74.2 Å². The number of hydroxylamine groups is 6. The minimum atomic E-state index is -0.803. The summed E-state index contributed by atoms with van der Waals surface area (Å²) in [5, 5.41) is 35.0. The molecule has 222 valence electrons. The van der Waals surface area contributed by atoms with E-state index in [2.05, 4.69) is 10.6 Å². The van der Waals surface area contributed by atoms with Crippen molar-refractivity contribution in [1.29, 1.82) is 0 Å². The van der Waals surface area contributed by atoms with Gasteiger partial charge in [0, 0.05) is 57.7 Å². The van der Waals surface area contributed by atoms with Crippen molar-refractivity contribution < 1.29 is 44.4 Å². The fourth-order valence-electron chi connectivity index (χ4n) is 3.26. The zero-order chi connectivity index (χ0) is 30.1. The maximum absolute atomic E-state index is 12.0. The molecule has 40 heavy (non-hydrogen) atoms. The van der Waals surface area contributed by atoms with Crippen molar-refractivity contribution >= 4 is 35.3 Å². The van der Waals surface area contributed by atoms with Gasteiger partial charge in [-0.3, -0.25) is 44.4 Å². The van der Waals surface area contributed by atoms with E-state index >= 15 is 0 Å². The number of carbonyl (C=O) groups is 6. The maximum atomic E-state index is 12.0. The molecule has 0 aliphatic heterocycles. The molecule has 5 amide bonds. The summed E-state index contributed by atoms with van der Waals surface area (Å²) < 4.78 is 0. The predicted octanol–water partition coefficient (Wildman–Crippen LogP) is 1.16. The number of hydrogen-bond acceptors (Lipinski definition) is 9. The molecule has 14 heteroatoms. The monoisotopic (exact) mass is 565 g/mol. The number of rotatable bonds is 18. The Bertz CT molecular complexity index is 1020. The van der Waals surface area contributed by atoms with Crippen molar-refractivity contribution in [2.45, 2.75) is 65.2 Å². The molecule has 5 N–H and O–H groups in total. The number of amides is 5. The molecule has 0 aliphatic rings. The van der Waals surface area contributed by atoms with Crippen molar-refractivity contribution in [2.75, 3.05) is 26.3 Å². The molecule has 0 saturated heterocycles. The molecule has 0 aliphatic carbocycles. The van der Waals surface area contributed by atoms with E-state index in [-0.39, 0.29) is 56.2 Å². The fourth-order valence-corrected chi connectivity index (χ4v) is 3.26. The van der Waals surface area contributed by atoms with E-state index in [1.54, 1.807) is 12.1 Å². The van der Waals surface area contributed by atoms with Crippen LogP contribution in [0.4, 0.5) is 0 Å². The quantitative estimate of drug-likeness (QED) is 0.0750. The Kier molecular flexibility index (Phi) is 15.7. The van der Waals surface area contributed by atoms with Gasteiger partial charge in [0.05, 0.1) is 6.54 Å². The molecule has 1 aromatic carbocycles. The first-order valence-electron chi connectivity index (χ1n) is 13.0. The van der Waals surface area contributed by atoms with Gasteiger partial charge >= 0.3 is 0 Å². The third kappa shape index (κ3) is 14.3. The number of Topliss-reactive ketones (excluding diaryl/α,β-unsaturated/α-hetero) is 1. The lowest BCUT2D eigenvalue weighted by Crippen LogP contribution is -2.38. The Balaban J connectivity index is 2.14. The SMILES string of the molecule is CC(=O)N(O)CNC(=O)CCC(=O)N(O)CCC(=O)CCC(=O)N(O)CCCCCNC(=O)c1ccc(C)cc1. The summed E-state index contributed by atoms with van der Waals surface area (Å²) in [6.07, 6.45) is 0.531. The number of ketones is 1. The molecule has 1 aromatic rings. The first kappa shape index (κ1) is 34.1. The van der Waals surface area contributed by atoms with Gasteiger partial charge in [-0.15, -0.1) is 0 Å². The standard InChI is InChI=1S/C26H39N5O9/c1-19-6-8-21(9-7-19)26(37)27-15-4-3-5-16-29(38)24(35)12-10-22(33)14-17-30(39)25(36)13-11-23(34)28-18-31(40)20(2)32/h6-9,38-40H,3-5,10-18H2,1-2H3,(H,27,37)(H,28,34). The van der Waals surface area contributed by atoms with Gasteiger partial charge in [-0.25, -0.2) is 15.2 Å². The van der Waals surface area contributed by atoms with Crippen LogP contribution in [0.25, 0.3) is 0 Å². The fraction of sp³-hybridized carbons (Fsp3) is 0.538. The normalized spacial score (nSPS) is 10.4. The van der Waals surface area contributed by atoms with Crippen molar-refractivity contribution in [3.8, 4) is 0 Å². The Hall–Kier alpha value is -3.88. The highest BCUT2D eigenvalue weighted by atomic mass is 16.5. The molecule has 0 aromatic heterocycles. The maximum Gasteiger partial charge on any atom is 0.251 e. The highest BCUT2D eigenvalue weighted by Gasteiger charge is 2.17. The molecule has 0 bridgehead atoms. The molecule has 14 nitrogen and oxygen atoms in total. The van der Waals surface area contributed by atoms with Crippen LogP contribution < -0.4 is 10.6 Å². The minimum absolute atomic E-state index is 0.0799. The van der Waals surface area contributed by atoms with Gasteiger partial charge in [-0.05, 0) is 38.3 Å². The second-order valence-electron chi connectivity index (χ2n) is 9.18. The van der Waals surface area contributed by atoms with E-state index in [0.29, 0.717) is 41.5 Å². The molecule has 1 rings (SSSR count). The number of aryl methyl sites for hydroxylation is 1. The Morgan fingerprint density at radius 3 is 1.93 bits per heavy atom. The lowest BCUT2D eigenvalue weighted by atomic mass is 10.1. The van der Waals surface area contributed by atoms with Gasteiger partial charge in [0.2, 0.25) is 23.6 Å². The van der Waals surface area contributed by atoms with E-state index < -0.39 is 36.1 Å². The van der Waals surface area contributed by atoms with Gasteiger partial charge in [0.25, 0.3) is 5.91 Å². The molecule has 0 heterocycles. The zero-order valence-electron chi connectivity index (χ0n) is 22.9. The van der Waals surface area contributed by atoms with Gasteiger partial charge in [-0.2, -0.15) is 0 Å². The first-order chi connectivity index (χ1) is 18.9. The van der Waals surface area contributed by atoms with Crippen molar-refractivity contribution in [1.82, 2.24) is 25.8 Å². The number of nitrogens with zero attached hydrogens (tertiary/aromatic N) is 3. The number of nitrogens with one attached hydrogen (secondary N) is 2. The number of benzene rings is 1. The Morgan fingerprint density at radius 2 is 1.30 bits per heavy atom. The van der Waals surface area contributed by atoms with Crippen molar-refractivity contribution in [3.63, 3.8) is 0 Å². The van der Waals surface area contributed by atoms with Crippen LogP contribution in [0.15, 0.2) is 24.3 Å². The summed E-state index contributed by atoms with van der Waals surface area (Å²) >= 11 is 0. The average molecular weight is 566 g/mol. The van der Waals surface area contributed by atoms with Crippen LogP contribution in [-0.4, -0.2) is 92.4 Å². The number of unbranched alkanes of at least 4 members (excludes halogenated alkanes) is 2. The smallest absolute Gasteiger partial charge is 0.251 e. The van der Waals surface area contributed by atoms with Crippen molar-refractivity contribution in [3.05, 3.63) is 35.4 Å². The molecule has 0 spiro atoms. The van der Waals surface area contributed by atoms with Crippen LogP contribution in [0.5, 0.6) is 0 Å². The summed E-state index contributed by atoms with van der Waals surface area (Å²) in [6.45, 7) is 2.80. The molecule has 0 atom stereocenters. The molecule has 0 saturated carbocycles. The molecule has 0 fully saturated rings. The van der Waals surface area contributed by atoms with Crippen LogP contribution in [0.2, 0.25) is 0 Å². The molecule has 0 unspecified atom stereocenters. The minimum Gasteiger partial charge on any atom is -0.352 e. The van der Waals surface area contributed by atoms with E-state index in [1.165, 1.54) is 0 Å². The average Bonchev–Trinajstić information content (AvgIpc) is 2.93. The third-order valence-electron chi connectivity index (χ3n) is 5.80. The number of carbonyl (C=O) groups excluding carboxylic acids is 6. The molecule has 0 radical (unpaired) electrons. The van der Waals surface area contributed by atoms with Crippen LogP contribution in [0.3, 0.4) is 0 Å². The highest BCUT2D eigenvalue weighted by Crippen LogP contribution is 2.05. The lowest BCUT2D eigenvalue weighted by Gasteiger charge is -2.16. The van der Waals surface area contributed by atoms with E-state index in [4.69, 9.17) is 5.21 Å². The van der Waals surface area contributed by atoms with E-state index in [0.717, 1.165) is 12.5 Å². The van der Waals surface area contributed by atoms with Crippen LogP contribution in [-0.2, 0) is 24.0 Å². The van der Waals surface area contributed by atoms with Crippen molar-refractivity contribution in [2.24, 2.45) is 0 Å².